The van der Waals surface area contributed by atoms with Crippen LogP contribution in [0.15, 0.2) is 18.6 Å². The van der Waals surface area contributed by atoms with E-state index >= 15 is 0 Å². The molecule has 0 N–H and O–H groups in total. The summed E-state index contributed by atoms with van der Waals surface area (Å²) in [6.45, 7) is 0. The van der Waals surface area contributed by atoms with Gasteiger partial charge >= 0.3 is 0 Å². The zero-order chi connectivity index (χ0) is 10.3. The highest BCUT2D eigenvalue weighted by atomic mass is 79.9. The minimum absolute atomic E-state index is 0.671. The van der Waals surface area contributed by atoms with Crippen LogP contribution < -0.4 is 4.90 Å². The topological polar surface area (TPSA) is 29.0 Å². The van der Waals surface area contributed by atoms with Crippen LogP contribution in [0.2, 0.25) is 0 Å². The lowest BCUT2D eigenvalue weighted by molar-refractivity contribution is 0.479. The van der Waals surface area contributed by atoms with Crippen molar-refractivity contribution in [2.24, 2.45) is 0 Å². The maximum Gasteiger partial charge on any atom is 0.147 e. The maximum atomic E-state index is 4.42. The molecule has 2 atom stereocenters. The summed E-state index contributed by atoms with van der Waals surface area (Å²) in [5.41, 5.74) is 0. The number of piperidine rings is 1. The molecule has 3 heterocycles. The Morgan fingerprint density at radius 2 is 1.93 bits per heavy atom. The van der Waals surface area contributed by atoms with Gasteiger partial charge in [0.1, 0.15) is 5.82 Å². The molecule has 0 spiro atoms. The fourth-order valence-electron chi connectivity index (χ4n) is 2.91. The van der Waals surface area contributed by atoms with Crippen LogP contribution in [-0.2, 0) is 0 Å². The third kappa shape index (κ3) is 1.65. The van der Waals surface area contributed by atoms with E-state index in [4.69, 9.17) is 0 Å². The zero-order valence-corrected chi connectivity index (χ0v) is 10.1. The Hall–Kier alpha value is -0.640. The van der Waals surface area contributed by atoms with Crippen molar-refractivity contribution >= 4 is 21.7 Å². The highest BCUT2D eigenvalue weighted by Gasteiger charge is 2.40. The van der Waals surface area contributed by atoms with E-state index in [1.54, 1.807) is 12.4 Å². The third-order valence-electron chi connectivity index (χ3n) is 3.49. The van der Waals surface area contributed by atoms with Gasteiger partial charge in [-0.3, -0.25) is 4.98 Å². The zero-order valence-electron chi connectivity index (χ0n) is 8.51. The number of rotatable bonds is 1. The number of fused-ring (bicyclic) bond motifs is 2. The fourth-order valence-corrected chi connectivity index (χ4v) is 3.77. The van der Waals surface area contributed by atoms with Gasteiger partial charge in [0.15, 0.2) is 0 Å². The molecule has 0 amide bonds. The normalized spacial score (nSPS) is 34.5. The van der Waals surface area contributed by atoms with Crippen LogP contribution in [-0.4, -0.2) is 26.9 Å². The fraction of sp³-hybridized carbons (Fsp3) is 0.636. The van der Waals surface area contributed by atoms with Gasteiger partial charge in [-0.15, -0.1) is 0 Å². The molecule has 0 aliphatic carbocycles. The number of halogens is 1. The lowest BCUT2D eigenvalue weighted by atomic mass is 10.0. The lowest BCUT2D eigenvalue weighted by Crippen LogP contribution is -2.43. The van der Waals surface area contributed by atoms with E-state index in [1.807, 2.05) is 6.20 Å². The van der Waals surface area contributed by atoms with Gasteiger partial charge in [0.05, 0.1) is 6.20 Å². The SMILES string of the molecule is BrC1CC2CCC(C1)N2c1cnccn1. The molecule has 2 bridgehead atoms. The van der Waals surface area contributed by atoms with Crippen molar-refractivity contribution in [1.29, 1.82) is 0 Å². The van der Waals surface area contributed by atoms with Gasteiger partial charge in [-0.25, -0.2) is 4.98 Å². The van der Waals surface area contributed by atoms with Crippen molar-refractivity contribution in [2.75, 3.05) is 4.90 Å². The van der Waals surface area contributed by atoms with E-state index in [0.29, 0.717) is 16.9 Å². The monoisotopic (exact) mass is 267 g/mol. The molecule has 0 radical (unpaired) electrons. The average molecular weight is 268 g/mol. The Bertz CT molecular complexity index is 329. The van der Waals surface area contributed by atoms with Gasteiger partial charge in [-0.05, 0) is 25.7 Å². The second-order valence-electron chi connectivity index (χ2n) is 4.42. The Labute approximate surface area is 98.0 Å². The molecule has 3 nitrogen and oxygen atoms in total. The first-order valence-corrected chi connectivity index (χ1v) is 6.44. The molecule has 2 saturated heterocycles. The molecule has 2 fully saturated rings. The Balaban J connectivity index is 1.89. The molecule has 0 saturated carbocycles. The first-order chi connectivity index (χ1) is 7.34. The van der Waals surface area contributed by atoms with E-state index < -0.39 is 0 Å². The molecule has 0 aromatic carbocycles. The predicted octanol–water partition coefficient (Wildman–Crippen LogP) is 2.37. The Kier molecular flexibility index (Phi) is 2.39. The van der Waals surface area contributed by atoms with E-state index in [9.17, 15) is 0 Å². The minimum atomic E-state index is 0.671. The van der Waals surface area contributed by atoms with Crippen LogP contribution in [0.1, 0.15) is 25.7 Å². The molecular formula is C11H14BrN3. The van der Waals surface area contributed by atoms with Crippen molar-refractivity contribution in [3.63, 3.8) is 0 Å². The number of alkyl halides is 1. The van der Waals surface area contributed by atoms with Crippen LogP contribution in [0.5, 0.6) is 0 Å². The van der Waals surface area contributed by atoms with E-state index in [2.05, 4.69) is 30.8 Å². The summed E-state index contributed by atoms with van der Waals surface area (Å²) in [4.78, 5) is 11.8. The van der Waals surface area contributed by atoms with Crippen LogP contribution in [0.25, 0.3) is 0 Å². The second-order valence-corrected chi connectivity index (χ2v) is 5.72. The van der Waals surface area contributed by atoms with E-state index in [0.717, 1.165) is 5.82 Å². The number of anilines is 1. The number of nitrogens with zero attached hydrogens (tertiary/aromatic N) is 3. The highest BCUT2D eigenvalue weighted by molar-refractivity contribution is 9.09. The van der Waals surface area contributed by atoms with Gasteiger partial charge in [-0.2, -0.15) is 0 Å². The van der Waals surface area contributed by atoms with Gasteiger partial charge in [0, 0.05) is 29.3 Å². The minimum Gasteiger partial charge on any atom is -0.349 e. The van der Waals surface area contributed by atoms with Crippen LogP contribution in [0, 0.1) is 0 Å². The van der Waals surface area contributed by atoms with Gasteiger partial charge in [0.2, 0.25) is 0 Å². The Morgan fingerprint density at radius 1 is 1.20 bits per heavy atom. The quantitative estimate of drug-likeness (QED) is 0.732. The van der Waals surface area contributed by atoms with E-state index in [1.165, 1.54) is 25.7 Å². The van der Waals surface area contributed by atoms with Crippen molar-refractivity contribution in [3.8, 4) is 0 Å². The average Bonchev–Trinajstić information content (AvgIpc) is 2.53. The first kappa shape index (κ1) is 9.58. The van der Waals surface area contributed by atoms with E-state index in [-0.39, 0.29) is 0 Å². The summed E-state index contributed by atoms with van der Waals surface area (Å²) >= 11 is 3.75. The first-order valence-electron chi connectivity index (χ1n) is 5.53. The lowest BCUT2D eigenvalue weighted by Gasteiger charge is -2.37. The van der Waals surface area contributed by atoms with Crippen molar-refractivity contribution < 1.29 is 0 Å². The van der Waals surface area contributed by atoms with Crippen LogP contribution in [0.3, 0.4) is 0 Å². The summed E-state index contributed by atoms with van der Waals surface area (Å²) in [6.07, 6.45) is 10.5. The van der Waals surface area contributed by atoms with Gasteiger partial charge in [0.25, 0.3) is 0 Å². The summed E-state index contributed by atoms with van der Waals surface area (Å²) in [5, 5.41) is 0. The van der Waals surface area contributed by atoms with Crippen molar-refractivity contribution in [2.45, 2.75) is 42.6 Å². The highest BCUT2D eigenvalue weighted by Crippen LogP contribution is 2.40. The Morgan fingerprint density at radius 3 is 2.53 bits per heavy atom. The third-order valence-corrected chi connectivity index (χ3v) is 4.24. The van der Waals surface area contributed by atoms with Crippen LogP contribution >= 0.6 is 15.9 Å². The molecular weight excluding hydrogens is 254 g/mol. The molecule has 80 valence electrons. The number of hydrogen-bond donors (Lipinski definition) is 0. The second kappa shape index (κ2) is 3.74. The van der Waals surface area contributed by atoms with Crippen molar-refractivity contribution in [3.05, 3.63) is 18.6 Å². The molecule has 2 unspecified atom stereocenters. The van der Waals surface area contributed by atoms with Gasteiger partial charge in [-0.1, -0.05) is 15.9 Å². The molecule has 4 heteroatoms. The molecule has 2 aliphatic heterocycles. The standard InChI is InChI=1S/C11H14BrN3/c12-8-5-9-1-2-10(6-8)15(9)11-7-13-3-4-14-11/h3-4,7-10H,1-2,5-6H2. The van der Waals surface area contributed by atoms with Crippen LogP contribution in [0.4, 0.5) is 5.82 Å². The largest absolute Gasteiger partial charge is 0.349 e. The summed E-state index contributed by atoms with van der Waals surface area (Å²) < 4.78 is 0. The number of aromatic nitrogens is 2. The smallest absolute Gasteiger partial charge is 0.147 e. The number of hydrogen-bond acceptors (Lipinski definition) is 3. The molecule has 1 aromatic rings. The van der Waals surface area contributed by atoms with Crippen molar-refractivity contribution in [1.82, 2.24) is 9.97 Å². The molecule has 3 rings (SSSR count). The maximum absolute atomic E-state index is 4.42. The molecule has 1 aromatic heterocycles. The molecule has 2 aliphatic rings. The predicted molar refractivity (Wildman–Crippen MR) is 63.3 cm³/mol. The summed E-state index contributed by atoms with van der Waals surface area (Å²) in [7, 11) is 0. The summed E-state index contributed by atoms with van der Waals surface area (Å²) in [5.74, 6) is 1.06. The molecule has 15 heavy (non-hydrogen) atoms. The summed E-state index contributed by atoms with van der Waals surface area (Å²) in [6, 6.07) is 1.34. The van der Waals surface area contributed by atoms with Gasteiger partial charge < -0.3 is 4.90 Å².